The monoisotopic (exact) mass is 490 g/mol. The first-order chi connectivity index (χ1) is 14.6. The van der Waals surface area contributed by atoms with E-state index in [0.29, 0.717) is 11.7 Å². The number of anilines is 1. The molecule has 12 heteroatoms. The third kappa shape index (κ3) is 6.67. The van der Waals surface area contributed by atoms with Crippen LogP contribution < -0.4 is 10.0 Å². The van der Waals surface area contributed by atoms with Gasteiger partial charge in [0.2, 0.25) is 0 Å². The van der Waals surface area contributed by atoms with Crippen LogP contribution in [0.15, 0.2) is 18.2 Å². The molecule has 0 aliphatic heterocycles. The predicted molar refractivity (Wildman–Crippen MR) is 118 cm³/mol. The van der Waals surface area contributed by atoms with E-state index in [2.05, 4.69) is 15.0 Å². The topological polar surface area (TPSA) is 101 Å². The molecule has 1 heterocycles. The van der Waals surface area contributed by atoms with E-state index >= 15 is 0 Å². The number of thiazole rings is 1. The summed E-state index contributed by atoms with van der Waals surface area (Å²) in [6.07, 6.45) is 2.54. The van der Waals surface area contributed by atoms with Gasteiger partial charge in [0, 0.05) is 23.9 Å². The minimum absolute atomic E-state index is 0.0162. The maximum absolute atomic E-state index is 13.5. The summed E-state index contributed by atoms with van der Waals surface area (Å²) in [4.78, 5) is 19.4. The Labute approximate surface area is 190 Å². The van der Waals surface area contributed by atoms with Gasteiger partial charge in [0.25, 0.3) is 5.91 Å². The molecule has 2 aromatic rings. The van der Waals surface area contributed by atoms with E-state index in [0.717, 1.165) is 35.4 Å². The second-order valence-electron chi connectivity index (χ2n) is 7.41. The van der Waals surface area contributed by atoms with Crippen LogP contribution in [0.2, 0.25) is 5.02 Å². The molecule has 1 amide bonds. The zero-order valence-corrected chi connectivity index (χ0v) is 19.5. The van der Waals surface area contributed by atoms with E-state index in [1.807, 2.05) is 19.0 Å². The van der Waals surface area contributed by atoms with Gasteiger partial charge in [-0.15, -0.1) is 11.3 Å². The van der Waals surface area contributed by atoms with Crippen molar-refractivity contribution in [1.29, 1.82) is 0 Å². The molecule has 0 saturated heterocycles. The van der Waals surface area contributed by atoms with Crippen molar-refractivity contribution in [2.75, 3.05) is 39.1 Å². The van der Waals surface area contributed by atoms with Gasteiger partial charge in [-0.25, -0.2) is 13.6 Å². The number of halogens is 2. The molecule has 1 aliphatic rings. The lowest BCUT2D eigenvalue weighted by molar-refractivity contribution is -0.118. The average Bonchev–Trinajstić information content (AvgIpc) is 3.10. The van der Waals surface area contributed by atoms with Crippen LogP contribution in [0.1, 0.15) is 34.9 Å². The fourth-order valence-electron chi connectivity index (χ4n) is 3.24. The second kappa shape index (κ2) is 10.3. The van der Waals surface area contributed by atoms with Gasteiger partial charge in [0.05, 0.1) is 10.7 Å². The smallest absolute Gasteiger partial charge is 0.308 e. The molecule has 1 aromatic heterocycles. The van der Waals surface area contributed by atoms with Gasteiger partial charge < -0.3 is 4.90 Å². The zero-order valence-electron chi connectivity index (χ0n) is 17.2. The van der Waals surface area contributed by atoms with Crippen LogP contribution >= 0.6 is 22.9 Å². The highest BCUT2D eigenvalue weighted by Gasteiger charge is 2.27. The van der Waals surface area contributed by atoms with Crippen LogP contribution in [0.25, 0.3) is 0 Å². The Morgan fingerprint density at radius 1 is 1.42 bits per heavy atom. The summed E-state index contributed by atoms with van der Waals surface area (Å²) < 4.78 is 44.1. The summed E-state index contributed by atoms with van der Waals surface area (Å²) in [5, 5.41) is 3.04. The van der Waals surface area contributed by atoms with Crippen LogP contribution in [0.5, 0.6) is 0 Å². The van der Waals surface area contributed by atoms with E-state index in [9.17, 15) is 17.6 Å². The summed E-state index contributed by atoms with van der Waals surface area (Å²) in [6.45, 7) is 0.0172. The molecule has 2 N–H and O–H groups in total. The van der Waals surface area contributed by atoms with Crippen LogP contribution in [0.3, 0.4) is 0 Å². The summed E-state index contributed by atoms with van der Waals surface area (Å²) in [5.74, 6) is -1.07. The normalized spacial score (nSPS) is 16.4. The number of hydrogen-bond donors (Lipinski definition) is 2. The standard InChI is InChI=1S/C19H24ClFN4O4S2/c1-25(2)9-8-22-31(27,28)29-11-17(26)24-19-23-16-5-3-4-13(18(16)30-19)12-6-7-15(21)14(20)10-12/h6-7,10,13,22H,3-5,8-9,11H2,1-2H3,(H,23,24,26)/t13-/m1/s1. The van der Waals surface area contributed by atoms with Crippen molar-refractivity contribution in [3.05, 3.63) is 45.2 Å². The van der Waals surface area contributed by atoms with E-state index in [1.165, 1.54) is 17.4 Å². The first kappa shape index (κ1) is 24.0. The highest BCUT2D eigenvalue weighted by molar-refractivity contribution is 7.84. The summed E-state index contributed by atoms with van der Waals surface area (Å²) in [7, 11) is -0.395. The highest BCUT2D eigenvalue weighted by Crippen LogP contribution is 2.42. The quantitative estimate of drug-likeness (QED) is 0.560. The summed E-state index contributed by atoms with van der Waals surface area (Å²) >= 11 is 7.26. The number of nitrogens with one attached hydrogen (secondary N) is 2. The van der Waals surface area contributed by atoms with Crippen molar-refractivity contribution >= 4 is 44.3 Å². The third-order valence-corrected chi connectivity index (χ3v) is 7.13. The van der Waals surface area contributed by atoms with Crippen LogP contribution in [0, 0.1) is 5.82 Å². The Hall–Kier alpha value is -1.63. The number of nitrogens with zero attached hydrogens (tertiary/aromatic N) is 2. The third-order valence-electron chi connectivity index (χ3n) is 4.73. The maximum atomic E-state index is 13.5. The SMILES string of the molecule is CN(C)CCNS(=O)(=O)OCC(=O)Nc1nc2c(s1)[C@@H](c1ccc(F)c(Cl)c1)CCC2. The molecule has 8 nitrogen and oxygen atoms in total. The van der Waals surface area contributed by atoms with Crippen LogP contribution in [0.4, 0.5) is 9.52 Å². The van der Waals surface area contributed by atoms with Crippen LogP contribution in [-0.4, -0.2) is 58.0 Å². The molecule has 0 bridgehead atoms. The minimum Gasteiger partial charge on any atom is -0.308 e. The van der Waals surface area contributed by atoms with Gasteiger partial charge in [-0.2, -0.15) is 13.1 Å². The molecule has 0 spiro atoms. The Bertz CT molecular complexity index is 1050. The van der Waals surface area contributed by atoms with Gasteiger partial charge in [-0.3, -0.25) is 10.1 Å². The molecular weight excluding hydrogens is 467 g/mol. The number of aromatic nitrogens is 1. The van der Waals surface area contributed by atoms with Gasteiger partial charge in [0.1, 0.15) is 12.4 Å². The van der Waals surface area contributed by atoms with Crippen molar-refractivity contribution in [3.8, 4) is 0 Å². The summed E-state index contributed by atoms with van der Waals surface area (Å²) in [5.41, 5.74) is 1.77. The number of aryl methyl sites for hydroxylation is 1. The number of fused-ring (bicyclic) bond motifs is 1. The Morgan fingerprint density at radius 3 is 2.90 bits per heavy atom. The van der Waals surface area contributed by atoms with E-state index in [-0.39, 0.29) is 17.5 Å². The first-order valence-electron chi connectivity index (χ1n) is 9.68. The van der Waals surface area contributed by atoms with Gasteiger partial charge in [0.15, 0.2) is 5.13 Å². The van der Waals surface area contributed by atoms with Crippen molar-refractivity contribution in [2.24, 2.45) is 0 Å². The fraction of sp³-hybridized carbons (Fsp3) is 0.474. The van der Waals surface area contributed by atoms with Crippen LogP contribution in [-0.2, 0) is 25.7 Å². The lowest BCUT2D eigenvalue weighted by Crippen LogP contribution is -2.34. The number of hydrogen-bond acceptors (Lipinski definition) is 7. The van der Waals surface area contributed by atoms with Gasteiger partial charge in [-0.05, 0) is 51.1 Å². The number of carbonyl (C=O) groups excluding carboxylic acids is 1. The molecule has 0 fully saturated rings. The Balaban J connectivity index is 1.61. The van der Waals surface area contributed by atoms with E-state index in [4.69, 9.17) is 15.8 Å². The molecule has 1 aliphatic carbocycles. The Morgan fingerprint density at radius 2 is 2.19 bits per heavy atom. The van der Waals surface area contributed by atoms with Crippen molar-refractivity contribution in [1.82, 2.24) is 14.6 Å². The van der Waals surface area contributed by atoms with Gasteiger partial charge in [-0.1, -0.05) is 17.7 Å². The molecule has 1 atom stereocenters. The first-order valence-corrected chi connectivity index (χ1v) is 12.3. The number of rotatable bonds is 9. The fourth-order valence-corrected chi connectivity index (χ4v) is 5.31. The van der Waals surface area contributed by atoms with E-state index < -0.39 is 28.6 Å². The largest absolute Gasteiger partial charge is 0.336 e. The molecule has 3 rings (SSSR count). The second-order valence-corrected chi connectivity index (χ2v) is 10.3. The number of likely N-dealkylation sites (N-methyl/N-ethyl adjacent to an activating group) is 1. The molecule has 1 aromatic carbocycles. The van der Waals surface area contributed by atoms with Crippen molar-refractivity contribution in [2.45, 2.75) is 25.2 Å². The Kier molecular flexibility index (Phi) is 8.00. The maximum Gasteiger partial charge on any atom is 0.336 e. The molecule has 0 radical (unpaired) electrons. The lowest BCUT2D eigenvalue weighted by Gasteiger charge is -2.21. The lowest BCUT2D eigenvalue weighted by atomic mass is 9.86. The number of benzene rings is 1. The zero-order chi connectivity index (χ0) is 22.6. The number of carbonyl (C=O) groups is 1. The summed E-state index contributed by atoms with van der Waals surface area (Å²) in [6, 6.07) is 4.68. The number of amides is 1. The van der Waals surface area contributed by atoms with E-state index in [1.54, 1.807) is 12.1 Å². The minimum atomic E-state index is -4.02. The molecule has 170 valence electrons. The van der Waals surface area contributed by atoms with Gasteiger partial charge >= 0.3 is 10.3 Å². The average molecular weight is 491 g/mol. The molecule has 31 heavy (non-hydrogen) atoms. The molecular formula is C19H24ClFN4O4S2. The molecule has 0 saturated carbocycles. The van der Waals surface area contributed by atoms with Crippen molar-refractivity contribution < 1.29 is 21.8 Å². The van der Waals surface area contributed by atoms with Crippen molar-refractivity contribution in [3.63, 3.8) is 0 Å². The highest BCUT2D eigenvalue weighted by atomic mass is 35.5. The molecule has 0 unspecified atom stereocenters. The predicted octanol–water partition coefficient (Wildman–Crippen LogP) is 2.75.